The van der Waals surface area contributed by atoms with E-state index in [0.717, 1.165) is 5.56 Å². The second-order valence-corrected chi connectivity index (χ2v) is 6.71. The zero-order valence-electron chi connectivity index (χ0n) is 14.5. The summed E-state index contributed by atoms with van der Waals surface area (Å²) in [5.74, 6) is 0.342. The number of para-hydroxylation sites is 1. The summed E-state index contributed by atoms with van der Waals surface area (Å²) in [4.78, 5) is 23.8. The van der Waals surface area contributed by atoms with Crippen LogP contribution in [0, 0.1) is 10.1 Å². The fourth-order valence-electron chi connectivity index (χ4n) is 3.18. The maximum atomic E-state index is 13.2. The molecule has 0 bridgehead atoms. The van der Waals surface area contributed by atoms with Gasteiger partial charge >= 0.3 is 0 Å². The molecule has 0 radical (unpaired) electrons. The van der Waals surface area contributed by atoms with Gasteiger partial charge in [0.25, 0.3) is 5.69 Å². The number of hydrogen-bond donors (Lipinski definition) is 0. The molecule has 0 fully saturated rings. The summed E-state index contributed by atoms with van der Waals surface area (Å²) >= 11 is 5.90. The predicted octanol–water partition coefficient (Wildman–Crippen LogP) is 5.65. The van der Waals surface area contributed by atoms with E-state index in [1.54, 1.807) is 30.3 Å². The van der Waals surface area contributed by atoms with Crippen molar-refractivity contribution in [1.29, 1.82) is 0 Å². The fourth-order valence-corrected chi connectivity index (χ4v) is 3.36. The number of carbonyl (C=O) groups is 1. The van der Waals surface area contributed by atoms with E-state index in [9.17, 15) is 14.9 Å². The van der Waals surface area contributed by atoms with E-state index < -0.39 is 11.0 Å². The normalized spacial score (nSPS) is 17.1. The average molecular weight is 392 g/mol. The number of nitro groups is 1. The lowest BCUT2D eigenvalue weighted by Gasteiger charge is -2.28. The van der Waals surface area contributed by atoms with Crippen LogP contribution >= 0.6 is 11.6 Å². The molecule has 1 atom stereocenters. The van der Waals surface area contributed by atoms with Crippen molar-refractivity contribution < 1.29 is 14.5 Å². The molecule has 0 unspecified atom stereocenters. The fraction of sp³-hybridized carbons (Fsp3) is 0.0455. The Bertz CT molecular complexity index is 1110. The topological polar surface area (TPSA) is 69.4 Å². The van der Waals surface area contributed by atoms with E-state index in [2.05, 4.69) is 0 Å². The van der Waals surface area contributed by atoms with Gasteiger partial charge in [-0.05, 0) is 35.4 Å². The van der Waals surface area contributed by atoms with Crippen molar-refractivity contribution >= 4 is 29.1 Å². The number of rotatable bonds is 3. The zero-order chi connectivity index (χ0) is 19.7. The Hall–Kier alpha value is -3.44. The number of carbonyl (C=O) groups excluding carboxylic acids is 1. The first-order chi connectivity index (χ1) is 13.5. The molecule has 0 aliphatic carbocycles. The minimum Gasteiger partial charge on any atom is -0.480 e. The first kappa shape index (κ1) is 17.9. The van der Waals surface area contributed by atoms with Gasteiger partial charge < -0.3 is 4.74 Å². The van der Waals surface area contributed by atoms with E-state index in [4.69, 9.17) is 16.3 Å². The highest BCUT2D eigenvalue weighted by molar-refractivity contribution is 6.32. The highest BCUT2D eigenvalue weighted by Gasteiger charge is 2.32. The number of ketones is 1. The molecule has 28 heavy (non-hydrogen) atoms. The molecule has 0 spiro atoms. The van der Waals surface area contributed by atoms with E-state index in [0.29, 0.717) is 22.4 Å². The summed E-state index contributed by atoms with van der Waals surface area (Å²) in [7, 11) is 0. The third kappa shape index (κ3) is 3.28. The molecule has 1 heterocycles. The van der Waals surface area contributed by atoms with Gasteiger partial charge in [-0.1, -0.05) is 60.1 Å². The number of benzene rings is 3. The Morgan fingerprint density at radius 3 is 2.46 bits per heavy atom. The molecule has 6 heteroatoms. The smallest absolute Gasteiger partial charge is 0.288 e. The van der Waals surface area contributed by atoms with Gasteiger partial charge in [0.15, 0.2) is 11.9 Å². The van der Waals surface area contributed by atoms with Crippen molar-refractivity contribution in [3.8, 4) is 5.75 Å². The second kappa shape index (κ2) is 7.29. The molecule has 0 saturated heterocycles. The molecule has 5 nitrogen and oxygen atoms in total. The van der Waals surface area contributed by atoms with Gasteiger partial charge in [0.2, 0.25) is 0 Å². The minimum absolute atomic E-state index is 0.0447. The Balaban J connectivity index is 1.86. The Morgan fingerprint density at radius 2 is 1.71 bits per heavy atom. The van der Waals surface area contributed by atoms with Crippen LogP contribution in [0.4, 0.5) is 5.69 Å². The Kier molecular flexibility index (Phi) is 4.67. The maximum absolute atomic E-state index is 13.2. The molecule has 138 valence electrons. The quantitative estimate of drug-likeness (QED) is 0.328. The van der Waals surface area contributed by atoms with Crippen LogP contribution in [0.3, 0.4) is 0 Å². The number of Topliss-reactive ketones (excluding diaryl/α,β-unsaturated/α-hetero) is 1. The van der Waals surface area contributed by atoms with Gasteiger partial charge in [0, 0.05) is 11.6 Å². The summed E-state index contributed by atoms with van der Waals surface area (Å²) in [6.45, 7) is 0. The maximum Gasteiger partial charge on any atom is 0.288 e. The lowest BCUT2D eigenvalue weighted by Crippen LogP contribution is -2.23. The number of fused-ring (bicyclic) bond motifs is 1. The first-order valence-electron chi connectivity index (χ1n) is 8.55. The largest absolute Gasteiger partial charge is 0.480 e. The van der Waals surface area contributed by atoms with Crippen LogP contribution in [0.2, 0.25) is 5.02 Å². The van der Waals surface area contributed by atoms with Gasteiger partial charge in [-0.2, -0.15) is 0 Å². The zero-order valence-corrected chi connectivity index (χ0v) is 15.3. The number of ether oxygens (including phenoxy) is 1. The number of nitrogens with zero attached hydrogens (tertiary/aromatic N) is 1. The van der Waals surface area contributed by atoms with Crippen LogP contribution in [0.15, 0.2) is 78.4 Å². The predicted molar refractivity (Wildman–Crippen MR) is 107 cm³/mol. The van der Waals surface area contributed by atoms with Gasteiger partial charge in [-0.3, -0.25) is 14.9 Å². The molecular weight excluding hydrogens is 378 g/mol. The molecule has 0 N–H and O–H groups in total. The van der Waals surface area contributed by atoms with Crippen LogP contribution in [0.1, 0.15) is 27.6 Å². The van der Waals surface area contributed by atoms with E-state index >= 15 is 0 Å². The lowest BCUT2D eigenvalue weighted by atomic mass is 9.89. The van der Waals surface area contributed by atoms with E-state index in [1.165, 1.54) is 12.1 Å². The molecule has 1 aliphatic rings. The Morgan fingerprint density at radius 1 is 1.00 bits per heavy atom. The number of halogens is 1. The van der Waals surface area contributed by atoms with Crippen LogP contribution < -0.4 is 4.74 Å². The van der Waals surface area contributed by atoms with Gasteiger partial charge in [-0.25, -0.2) is 0 Å². The second-order valence-electron chi connectivity index (χ2n) is 6.30. The standard InChI is InChI=1S/C22H14ClNO4/c23-18-11-10-14(13-19(18)24(26)27)12-17-21(25)16-8-4-5-9-20(16)28-22(17)15-6-2-1-3-7-15/h1-13,22H/b17-12-/t22-/m0/s1. The summed E-state index contributed by atoms with van der Waals surface area (Å²) in [6.07, 6.45) is 1.01. The highest BCUT2D eigenvalue weighted by Crippen LogP contribution is 2.39. The van der Waals surface area contributed by atoms with Crippen molar-refractivity contribution in [3.63, 3.8) is 0 Å². The molecule has 0 saturated carbocycles. The first-order valence-corrected chi connectivity index (χ1v) is 8.93. The van der Waals surface area contributed by atoms with Gasteiger partial charge in [0.05, 0.1) is 10.5 Å². The number of hydrogen-bond acceptors (Lipinski definition) is 4. The van der Waals surface area contributed by atoms with Crippen molar-refractivity contribution in [2.45, 2.75) is 6.10 Å². The van der Waals surface area contributed by atoms with Gasteiger partial charge in [0.1, 0.15) is 10.8 Å². The van der Waals surface area contributed by atoms with Crippen molar-refractivity contribution in [1.82, 2.24) is 0 Å². The molecule has 4 rings (SSSR count). The van der Waals surface area contributed by atoms with Crippen LogP contribution in [0.5, 0.6) is 5.75 Å². The lowest BCUT2D eigenvalue weighted by molar-refractivity contribution is -0.384. The van der Waals surface area contributed by atoms with Crippen molar-refractivity contribution in [2.24, 2.45) is 0 Å². The monoisotopic (exact) mass is 391 g/mol. The summed E-state index contributed by atoms with van der Waals surface area (Å²) < 4.78 is 6.13. The third-order valence-electron chi connectivity index (χ3n) is 4.51. The van der Waals surface area contributed by atoms with Crippen LogP contribution in [0.25, 0.3) is 6.08 Å². The molecule has 3 aromatic carbocycles. The molecule has 0 aromatic heterocycles. The SMILES string of the molecule is O=C1/C(=C/c2ccc(Cl)c([N+](=O)[O-])c2)[C@H](c2ccccc2)Oc2ccccc21. The summed E-state index contributed by atoms with van der Waals surface area (Å²) in [6, 6.07) is 20.9. The molecular formula is C22H14ClNO4. The van der Waals surface area contributed by atoms with Gasteiger partial charge in [-0.15, -0.1) is 0 Å². The minimum atomic E-state index is -0.613. The van der Waals surface area contributed by atoms with E-state index in [1.807, 2.05) is 36.4 Å². The van der Waals surface area contributed by atoms with Crippen molar-refractivity contribution in [2.75, 3.05) is 0 Å². The number of nitro benzene ring substituents is 1. The highest BCUT2D eigenvalue weighted by atomic mass is 35.5. The van der Waals surface area contributed by atoms with Crippen molar-refractivity contribution in [3.05, 3.63) is 110 Å². The molecule has 1 aliphatic heterocycles. The Labute approximate surface area is 166 Å². The van der Waals surface area contributed by atoms with Crippen LogP contribution in [-0.2, 0) is 0 Å². The summed E-state index contributed by atoms with van der Waals surface area (Å²) in [5, 5.41) is 11.2. The summed E-state index contributed by atoms with van der Waals surface area (Å²) in [5.41, 5.74) is 1.98. The molecule has 3 aromatic rings. The molecule has 0 amide bonds. The van der Waals surface area contributed by atoms with E-state index in [-0.39, 0.29) is 16.5 Å². The third-order valence-corrected chi connectivity index (χ3v) is 4.83. The average Bonchev–Trinajstić information content (AvgIpc) is 2.71. The van der Waals surface area contributed by atoms with Crippen LogP contribution in [-0.4, -0.2) is 10.7 Å².